The first-order valence-electron chi connectivity index (χ1n) is 5.70. The number of amides is 1. The Hall–Kier alpha value is -2.57. The van der Waals surface area contributed by atoms with Crippen LogP contribution in [0.1, 0.15) is 18.0 Å². The first kappa shape index (κ1) is 11.5. The summed E-state index contributed by atoms with van der Waals surface area (Å²) in [6.45, 7) is 0. The second-order valence-corrected chi connectivity index (χ2v) is 4.08. The van der Waals surface area contributed by atoms with Crippen molar-refractivity contribution in [3.63, 3.8) is 0 Å². The second kappa shape index (κ2) is 4.60. The molecule has 0 radical (unpaired) electrons. The molecule has 6 nitrogen and oxygen atoms in total. The van der Waals surface area contributed by atoms with Crippen LogP contribution in [-0.4, -0.2) is 31.8 Å². The van der Waals surface area contributed by atoms with Gasteiger partial charge in [0.05, 0.1) is 12.2 Å². The van der Waals surface area contributed by atoms with E-state index >= 15 is 0 Å². The molecule has 3 heterocycles. The molecule has 1 aliphatic heterocycles. The van der Waals surface area contributed by atoms with Crippen molar-refractivity contribution in [2.24, 2.45) is 5.10 Å². The summed E-state index contributed by atoms with van der Waals surface area (Å²) in [7, 11) is 0. The SMILES string of the molecule is O=C(N1N=CCC1c1cncc(F)c1)n1ccnc1. The van der Waals surface area contributed by atoms with E-state index in [-0.39, 0.29) is 12.1 Å². The number of carbonyl (C=O) groups excluding carboxylic acids is 1. The molecule has 2 aromatic rings. The molecular formula is C12H10FN5O. The molecule has 1 aliphatic rings. The Labute approximate surface area is 108 Å². The van der Waals surface area contributed by atoms with Crippen molar-refractivity contribution in [2.75, 3.05) is 0 Å². The van der Waals surface area contributed by atoms with Gasteiger partial charge in [0.1, 0.15) is 12.1 Å². The first-order valence-corrected chi connectivity index (χ1v) is 5.70. The molecule has 0 fully saturated rings. The lowest BCUT2D eigenvalue weighted by molar-refractivity contribution is 0.187. The largest absolute Gasteiger partial charge is 0.350 e. The van der Waals surface area contributed by atoms with Crippen LogP contribution in [0.15, 0.2) is 42.3 Å². The maximum atomic E-state index is 13.2. The van der Waals surface area contributed by atoms with E-state index in [9.17, 15) is 9.18 Å². The Morgan fingerprint density at radius 3 is 3.00 bits per heavy atom. The topological polar surface area (TPSA) is 63.4 Å². The highest BCUT2D eigenvalue weighted by atomic mass is 19.1. The molecule has 0 N–H and O–H groups in total. The Morgan fingerprint density at radius 2 is 2.26 bits per heavy atom. The summed E-state index contributed by atoms with van der Waals surface area (Å²) in [5.74, 6) is -0.431. The van der Waals surface area contributed by atoms with Gasteiger partial charge in [-0.2, -0.15) is 5.10 Å². The fourth-order valence-corrected chi connectivity index (χ4v) is 1.98. The van der Waals surface area contributed by atoms with Crippen LogP contribution in [0.25, 0.3) is 0 Å². The zero-order chi connectivity index (χ0) is 13.2. The fourth-order valence-electron chi connectivity index (χ4n) is 1.98. The van der Waals surface area contributed by atoms with Gasteiger partial charge in [-0.3, -0.25) is 9.55 Å². The molecule has 0 saturated heterocycles. The Kier molecular flexibility index (Phi) is 2.79. The number of hydrogen-bond donors (Lipinski definition) is 0. The molecule has 1 amide bonds. The molecule has 0 bridgehead atoms. The third-order valence-electron chi connectivity index (χ3n) is 2.86. The zero-order valence-electron chi connectivity index (χ0n) is 9.85. The van der Waals surface area contributed by atoms with Crippen molar-refractivity contribution < 1.29 is 9.18 Å². The minimum atomic E-state index is -0.431. The molecule has 96 valence electrons. The molecule has 0 saturated carbocycles. The normalized spacial score (nSPS) is 17.9. The van der Waals surface area contributed by atoms with Gasteiger partial charge in [0.25, 0.3) is 0 Å². The van der Waals surface area contributed by atoms with Crippen molar-refractivity contribution in [2.45, 2.75) is 12.5 Å². The smallest absolute Gasteiger partial charge is 0.261 e. The van der Waals surface area contributed by atoms with Crippen LogP contribution in [0.2, 0.25) is 0 Å². The molecular weight excluding hydrogens is 249 g/mol. The summed E-state index contributed by atoms with van der Waals surface area (Å²) in [5.41, 5.74) is 0.617. The lowest BCUT2D eigenvalue weighted by Gasteiger charge is -2.21. The van der Waals surface area contributed by atoms with E-state index in [1.54, 1.807) is 6.21 Å². The molecule has 0 aliphatic carbocycles. The average Bonchev–Trinajstić information content (AvgIpc) is 3.09. The van der Waals surface area contributed by atoms with Crippen LogP contribution >= 0.6 is 0 Å². The van der Waals surface area contributed by atoms with Crippen LogP contribution in [0.5, 0.6) is 0 Å². The van der Waals surface area contributed by atoms with Gasteiger partial charge in [0.2, 0.25) is 0 Å². The van der Waals surface area contributed by atoms with Crippen molar-refractivity contribution in [1.82, 2.24) is 19.5 Å². The second-order valence-electron chi connectivity index (χ2n) is 4.08. The predicted octanol–water partition coefficient (Wildman–Crippen LogP) is 1.82. The number of nitrogens with zero attached hydrogens (tertiary/aromatic N) is 5. The van der Waals surface area contributed by atoms with Gasteiger partial charge in [-0.05, 0) is 11.6 Å². The van der Waals surface area contributed by atoms with Gasteiger partial charge in [0.15, 0.2) is 0 Å². The minimum absolute atomic E-state index is 0.333. The van der Waals surface area contributed by atoms with Crippen molar-refractivity contribution in [3.05, 3.63) is 48.6 Å². The molecule has 1 atom stereocenters. The van der Waals surface area contributed by atoms with Gasteiger partial charge in [-0.25, -0.2) is 19.2 Å². The number of rotatable bonds is 1. The number of imidazole rings is 1. The van der Waals surface area contributed by atoms with Gasteiger partial charge in [-0.1, -0.05) is 0 Å². The Balaban J connectivity index is 1.89. The maximum absolute atomic E-state index is 13.2. The standard InChI is InChI=1S/C12H10FN5O/c13-10-5-9(6-15-7-10)11-1-2-16-18(11)12(19)17-4-3-14-8-17/h2-8,11H,1H2. The highest BCUT2D eigenvalue weighted by Gasteiger charge is 2.29. The van der Waals surface area contributed by atoms with Crippen LogP contribution in [0.4, 0.5) is 9.18 Å². The quantitative estimate of drug-likeness (QED) is 0.784. The molecule has 3 rings (SSSR count). The molecule has 1 unspecified atom stereocenters. The molecule has 19 heavy (non-hydrogen) atoms. The third-order valence-corrected chi connectivity index (χ3v) is 2.86. The third kappa shape index (κ3) is 2.10. The highest BCUT2D eigenvalue weighted by Crippen LogP contribution is 2.28. The zero-order valence-corrected chi connectivity index (χ0v) is 9.85. The van der Waals surface area contributed by atoms with E-state index < -0.39 is 5.82 Å². The first-order chi connectivity index (χ1) is 9.25. The summed E-state index contributed by atoms with van der Waals surface area (Å²) in [6.07, 6.45) is 9.28. The van der Waals surface area contributed by atoms with Crippen molar-refractivity contribution >= 4 is 12.2 Å². The monoisotopic (exact) mass is 259 g/mol. The molecule has 0 spiro atoms. The van der Waals surface area contributed by atoms with Gasteiger partial charge in [0, 0.05) is 31.2 Å². The van der Waals surface area contributed by atoms with Crippen molar-refractivity contribution in [3.8, 4) is 0 Å². The van der Waals surface area contributed by atoms with E-state index in [1.807, 2.05) is 0 Å². The predicted molar refractivity (Wildman–Crippen MR) is 64.9 cm³/mol. The highest BCUT2D eigenvalue weighted by molar-refractivity contribution is 5.80. The Bertz CT molecular complexity index is 625. The van der Waals surface area contributed by atoms with Gasteiger partial charge >= 0.3 is 6.03 Å². The lowest BCUT2D eigenvalue weighted by atomic mass is 10.1. The molecule has 0 aromatic carbocycles. The van der Waals surface area contributed by atoms with Crippen LogP contribution in [-0.2, 0) is 0 Å². The number of hydrogen-bond acceptors (Lipinski definition) is 4. The van der Waals surface area contributed by atoms with E-state index in [4.69, 9.17) is 0 Å². The average molecular weight is 259 g/mol. The van der Waals surface area contributed by atoms with E-state index in [2.05, 4.69) is 15.1 Å². The maximum Gasteiger partial charge on any atom is 0.350 e. The van der Waals surface area contributed by atoms with Crippen LogP contribution < -0.4 is 0 Å². The lowest BCUT2D eigenvalue weighted by Crippen LogP contribution is -2.30. The minimum Gasteiger partial charge on any atom is -0.261 e. The van der Waals surface area contributed by atoms with Gasteiger partial charge < -0.3 is 0 Å². The summed E-state index contributed by atoms with van der Waals surface area (Å²) in [4.78, 5) is 19.8. The number of aromatic nitrogens is 3. The van der Waals surface area contributed by atoms with Crippen LogP contribution in [0, 0.1) is 5.82 Å². The number of hydrazone groups is 1. The molecule has 2 aromatic heterocycles. The summed E-state index contributed by atoms with van der Waals surface area (Å²) < 4.78 is 14.5. The number of pyridine rings is 1. The van der Waals surface area contributed by atoms with E-state index in [1.165, 1.54) is 40.6 Å². The fraction of sp³-hybridized carbons (Fsp3) is 0.167. The number of halogens is 1. The Morgan fingerprint density at radius 1 is 1.37 bits per heavy atom. The summed E-state index contributed by atoms with van der Waals surface area (Å²) in [5, 5.41) is 5.34. The molecule has 7 heteroatoms. The van der Waals surface area contributed by atoms with Crippen LogP contribution in [0.3, 0.4) is 0 Å². The van der Waals surface area contributed by atoms with Crippen molar-refractivity contribution in [1.29, 1.82) is 0 Å². The summed E-state index contributed by atoms with van der Waals surface area (Å²) in [6, 6.07) is 0.694. The number of carbonyl (C=O) groups is 1. The van der Waals surface area contributed by atoms with Gasteiger partial charge in [-0.15, -0.1) is 0 Å². The van der Waals surface area contributed by atoms with E-state index in [0.717, 1.165) is 6.20 Å². The van der Waals surface area contributed by atoms with E-state index in [0.29, 0.717) is 12.0 Å². The summed E-state index contributed by atoms with van der Waals surface area (Å²) >= 11 is 0.